The van der Waals surface area contributed by atoms with Crippen molar-refractivity contribution >= 4 is 16.6 Å². The molecule has 7 rings (SSSR count). The van der Waals surface area contributed by atoms with Gasteiger partial charge in [-0.2, -0.15) is 79.0 Å². The zero-order valence-electron chi connectivity index (χ0n) is 32.0. The molecule has 0 aliphatic heterocycles. The maximum Gasteiger partial charge on any atom is 4.00 e. The van der Waals surface area contributed by atoms with Crippen molar-refractivity contribution in [1.82, 2.24) is 9.78 Å². The van der Waals surface area contributed by atoms with E-state index >= 15 is 0 Å². The van der Waals surface area contributed by atoms with Gasteiger partial charge in [0.1, 0.15) is 0 Å². The smallest absolute Gasteiger partial charge is 0.676 e. The van der Waals surface area contributed by atoms with Gasteiger partial charge >= 0.3 is 25.8 Å². The molecule has 4 heteroatoms. The number of fused-ring (bicyclic) bond motifs is 1. The van der Waals surface area contributed by atoms with Crippen molar-refractivity contribution in [2.45, 2.75) is 52.0 Å². The van der Waals surface area contributed by atoms with Crippen LogP contribution in [0.1, 0.15) is 84.6 Å². The zero-order valence-corrected chi connectivity index (χ0v) is 35.6. The van der Waals surface area contributed by atoms with Gasteiger partial charge in [0.2, 0.25) is 0 Å². The molecular weight excluding hydrogens is 809 g/mol. The van der Waals surface area contributed by atoms with Crippen LogP contribution in [0.5, 0.6) is 0 Å². The standard InChI is InChI=1S/C28H32N3.3C7H7.Hf/c1-19(2)22-15-11-16-23(20(3)4)27(22)29-25(18-21-12-7-6-8-13-21)28-24-14-9-10-17-26(24)31(5)30-28;3*1-7-5-3-2-4-6-7;/h6-17,19-20,25H,18H2,1-5H3;3*2-6H,1H2;/q4*-1;+4. The first-order valence-corrected chi connectivity index (χ1v) is 18.0. The number of nitrogens with zero attached hydrogens (tertiary/aromatic N) is 3. The van der Waals surface area contributed by atoms with E-state index < -0.39 is 0 Å². The molecular formula is C49H53HfN3. The van der Waals surface area contributed by atoms with Crippen LogP contribution >= 0.6 is 0 Å². The Bertz CT molecular complexity index is 1900. The van der Waals surface area contributed by atoms with E-state index in [1.54, 1.807) is 0 Å². The van der Waals surface area contributed by atoms with Crippen LogP contribution in [0.2, 0.25) is 0 Å². The molecule has 1 unspecified atom stereocenters. The number of aryl methyl sites for hydroxylation is 1. The summed E-state index contributed by atoms with van der Waals surface area (Å²) in [6.45, 7) is 20.2. The number of para-hydroxylation sites is 2. The molecule has 6 aromatic carbocycles. The Balaban J connectivity index is 0.000000275. The van der Waals surface area contributed by atoms with E-state index in [4.69, 9.17) is 10.4 Å². The van der Waals surface area contributed by atoms with E-state index in [2.05, 4.69) is 121 Å². The third-order valence-corrected chi connectivity index (χ3v) is 8.53. The average Bonchev–Trinajstić information content (AvgIpc) is 3.49. The van der Waals surface area contributed by atoms with Gasteiger partial charge in [-0.05, 0) is 29.9 Å². The van der Waals surface area contributed by atoms with Gasteiger partial charge in [0.15, 0.2) is 0 Å². The first-order valence-electron chi connectivity index (χ1n) is 18.0. The van der Waals surface area contributed by atoms with Crippen LogP contribution in [-0.2, 0) is 39.3 Å². The number of benzene rings is 6. The number of hydrogen-bond donors (Lipinski definition) is 0. The van der Waals surface area contributed by atoms with Gasteiger partial charge in [0.25, 0.3) is 0 Å². The normalized spacial score (nSPS) is 10.8. The molecule has 1 aromatic heterocycles. The van der Waals surface area contributed by atoms with E-state index in [0.29, 0.717) is 11.8 Å². The minimum Gasteiger partial charge on any atom is -0.676 e. The first-order chi connectivity index (χ1) is 25.1. The summed E-state index contributed by atoms with van der Waals surface area (Å²) >= 11 is 0. The SMILES string of the molecule is CC(C)c1cccc(C(C)C)c1[N-]C(Cc1ccccc1)c1nn(C)c2ccccc12.[CH2-]c1ccccc1.[CH2-]c1ccccc1.[CH2-]c1ccccc1.[Hf+4]. The van der Waals surface area contributed by atoms with Crippen LogP contribution < -0.4 is 0 Å². The maximum absolute atomic E-state index is 5.45. The Labute approximate surface area is 338 Å². The second-order valence-electron chi connectivity index (χ2n) is 13.4. The molecule has 0 aliphatic rings. The molecule has 268 valence electrons. The molecule has 0 N–H and O–H groups in total. The quantitative estimate of drug-likeness (QED) is 0.116. The van der Waals surface area contributed by atoms with Crippen LogP contribution in [0, 0.1) is 20.8 Å². The summed E-state index contributed by atoms with van der Waals surface area (Å²) in [7, 11) is 2.02. The van der Waals surface area contributed by atoms with E-state index in [0.717, 1.165) is 40.0 Å². The minimum absolute atomic E-state index is 0. The van der Waals surface area contributed by atoms with Crippen molar-refractivity contribution in [3.63, 3.8) is 0 Å². The van der Waals surface area contributed by atoms with Crippen molar-refractivity contribution in [3.8, 4) is 0 Å². The van der Waals surface area contributed by atoms with E-state index in [9.17, 15) is 0 Å². The summed E-state index contributed by atoms with van der Waals surface area (Å²) in [6, 6.07) is 55.3. The Morgan fingerprint density at radius 3 is 1.32 bits per heavy atom. The number of hydrogen-bond acceptors (Lipinski definition) is 1. The van der Waals surface area contributed by atoms with Crippen LogP contribution in [0.15, 0.2) is 164 Å². The molecule has 7 aromatic rings. The molecule has 0 saturated carbocycles. The largest absolute Gasteiger partial charge is 4.00 e. The summed E-state index contributed by atoms with van der Waals surface area (Å²) in [5.74, 6) is 0.825. The van der Waals surface area contributed by atoms with Gasteiger partial charge < -0.3 is 5.32 Å². The molecule has 3 nitrogen and oxygen atoms in total. The average molecular weight is 862 g/mol. The molecule has 1 heterocycles. The molecule has 0 spiro atoms. The monoisotopic (exact) mass is 863 g/mol. The Kier molecular flexibility index (Phi) is 17.8. The van der Waals surface area contributed by atoms with Crippen LogP contribution in [0.25, 0.3) is 16.2 Å². The second-order valence-corrected chi connectivity index (χ2v) is 13.4. The molecule has 1 atom stereocenters. The van der Waals surface area contributed by atoms with Gasteiger partial charge in [-0.1, -0.05) is 130 Å². The van der Waals surface area contributed by atoms with Gasteiger partial charge in [0.05, 0.1) is 11.2 Å². The van der Waals surface area contributed by atoms with Gasteiger partial charge in [-0.25, -0.2) is 0 Å². The molecule has 0 radical (unpaired) electrons. The number of aromatic nitrogens is 2. The molecule has 0 amide bonds. The molecule has 0 bridgehead atoms. The van der Waals surface area contributed by atoms with E-state index in [1.165, 1.54) is 22.1 Å². The summed E-state index contributed by atoms with van der Waals surface area (Å²) < 4.78 is 1.98. The minimum atomic E-state index is -0.0501. The van der Waals surface area contributed by atoms with E-state index in [1.807, 2.05) is 103 Å². The Morgan fingerprint density at radius 1 is 0.528 bits per heavy atom. The third kappa shape index (κ3) is 13.5. The summed E-state index contributed by atoms with van der Waals surface area (Å²) in [4.78, 5) is 0. The fraction of sp³-hybridized carbons (Fsp3) is 0.184. The van der Waals surface area contributed by atoms with Gasteiger partial charge in [-0.3, -0.25) is 4.68 Å². The second kappa shape index (κ2) is 22.2. The van der Waals surface area contributed by atoms with Crippen LogP contribution in [0.4, 0.5) is 5.69 Å². The first kappa shape index (κ1) is 42.5. The fourth-order valence-corrected chi connectivity index (χ4v) is 5.78. The van der Waals surface area contributed by atoms with E-state index in [-0.39, 0.29) is 31.9 Å². The van der Waals surface area contributed by atoms with Crippen LogP contribution in [-0.4, -0.2) is 9.78 Å². The fourth-order valence-electron chi connectivity index (χ4n) is 5.78. The maximum atomic E-state index is 5.45. The summed E-state index contributed by atoms with van der Waals surface area (Å²) in [5, 5.41) is 11.6. The third-order valence-electron chi connectivity index (χ3n) is 8.53. The Hall–Kier alpha value is -4.93. The zero-order chi connectivity index (χ0) is 37.3. The molecule has 0 saturated heterocycles. The van der Waals surface area contributed by atoms with Crippen molar-refractivity contribution in [1.29, 1.82) is 0 Å². The number of rotatable bonds is 7. The molecule has 0 fully saturated rings. The predicted molar refractivity (Wildman–Crippen MR) is 224 cm³/mol. The molecule has 0 aliphatic carbocycles. The topological polar surface area (TPSA) is 31.9 Å². The van der Waals surface area contributed by atoms with Crippen molar-refractivity contribution in [3.05, 3.63) is 229 Å². The van der Waals surface area contributed by atoms with Crippen LogP contribution in [0.3, 0.4) is 0 Å². The molecule has 53 heavy (non-hydrogen) atoms. The summed E-state index contributed by atoms with van der Waals surface area (Å²) in [6.07, 6.45) is 0.825. The van der Waals surface area contributed by atoms with Crippen molar-refractivity contribution in [2.75, 3.05) is 0 Å². The Morgan fingerprint density at radius 2 is 0.925 bits per heavy atom. The summed E-state index contributed by atoms with van der Waals surface area (Å²) in [5.41, 5.74) is 10.4. The van der Waals surface area contributed by atoms with Gasteiger partial charge in [-0.15, -0.1) is 42.1 Å². The van der Waals surface area contributed by atoms with Gasteiger partial charge in [0, 0.05) is 12.4 Å². The predicted octanol–water partition coefficient (Wildman–Crippen LogP) is 13.4. The van der Waals surface area contributed by atoms with Crippen molar-refractivity contribution < 1.29 is 25.8 Å². The van der Waals surface area contributed by atoms with Crippen molar-refractivity contribution in [2.24, 2.45) is 7.05 Å².